The minimum atomic E-state index is -0.665. The molecule has 0 fully saturated rings. The van der Waals surface area contributed by atoms with Crippen LogP contribution < -0.4 is 5.32 Å². The zero-order valence-corrected chi connectivity index (χ0v) is 60.0. The summed E-state index contributed by atoms with van der Waals surface area (Å²) in [5.74, 6) is -0.0111. The number of aliphatic hydroxyl groups is 2. The number of rotatable bonds is 77. The molecule has 6 heteroatoms. The topological polar surface area (TPSA) is 95.9 Å². The van der Waals surface area contributed by atoms with Gasteiger partial charge in [-0.2, -0.15) is 0 Å². The number of carbonyl (C=O) groups is 2. The van der Waals surface area contributed by atoms with Gasteiger partial charge in [-0.3, -0.25) is 9.59 Å². The van der Waals surface area contributed by atoms with Crippen LogP contribution in [0.2, 0.25) is 0 Å². The summed E-state index contributed by atoms with van der Waals surface area (Å²) in [4.78, 5) is 24.7. The molecular weight excluding hydrogens is 1080 g/mol. The van der Waals surface area contributed by atoms with Gasteiger partial charge < -0.3 is 20.3 Å². The van der Waals surface area contributed by atoms with Crippen molar-refractivity contribution in [1.29, 1.82) is 0 Å². The highest BCUT2D eigenvalue weighted by atomic mass is 16.5. The van der Waals surface area contributed by atoms with Crippen LogP contribution in [0.25, 0.3) is 0 Å². The summed E-state index contributed by atoms with van der Waals surface area (Å²) in [5.41, 5.74) is 0. The second-order valence-electron chi connectivity index (χ2n) is 28.1. The standard InChI is InChI=1S/C82H159NO5/c1-3-5-7-9-11-13-15-17-19-21-23-24-32-35-39-42-46-50-54-58-62-66-70-74-80(85)79(78-84)83-81(86)75-71-67-63-59-55-51-47-43-40-36-33-30-28-26-25-27-29-31-34-37-41-45-49-53-57-61-65-69-73-77-88-82(87)76-72-68-64-60-56-52-48-44-38-22-20-18-16-14-12-10-8-6-4-2/h18,20,25,27,79-80,84-85H,3-17,19,21-24,26,28-78H2,1-2H3,(H,83,86)/b20-18-,27-25-. The fourth-order valence-corrected chi connectivity index (χ4v) is 13.0. The number of hydrogen-bond acceptors (Lipinski definition) is 5. The number of aliphatic hydroxyl groups excluding tert-OH is 2. The Bertz CT molecular complexity index is 1380. The monoisotopic (exact) mass is 1240 g/mol. The van der Waals surface area contributed by atoms with Crippen molar-refractivity contribution in [3.05, 3.63) is 24.3 Å². The highest BCUT2D eigenvalue weighted by molar-refractivity contribution is 5.76. The predicted molar refractivity (Wildman–Crippen MR) is 389 cm³/mol. The number of ether oxygens (including phenoxy) is 1. The summed E-state index contributed by atoms with van der Waals surface area (Å²) in [5, 5.41) is 23.5. The molecule has 88 heavy (non-hydrogen) atoms. The van der Waals surface area contributed by atoms with E-state index in [1.165, 1.54) is 392 Å². The lowest BCUT2D eigenvalue weighted by Gasteiger charge is -2.22. The Labute approximate surface area is 551 Å². The molecular formula is C82H159NO5. The number of unbranched alkanes of at least 4 members (excludes halogenated alkanes) is 62. The second-order valence-corrected chi connectivity index (χ2v) is 28.1. The van der Waals surface area contributed by atoms with Crippen LogP contribution in [0.4, 0.5) is 0 Å². The number of hydrogen-bond donors (Lipinski definition) is 3. The zero-order chi connectivity index (χ0) is 63.5. The van der Waals surface area contributed by atoms with Crippen LogP contribution in [0, 0.1) is 0 Å². The van der Waals surface area contributed by atoms with Crippen LogP contribution in [-0.4, -0.2) is 47.4 Å². The molecule has 2 unspecified atom stereocenters. The Hall–Kier alpha value is -1.66. The molecule has 0 radical (unpaired) electrons. The molecule has 0 rings (SSSR count). The molecule has 522 valence electrons. The van der Waals surface area contributed by atoms with E-state index in [2.05, 4.69) is 43.5 Å². The van der Waals surface area contributed by atoms with Gasteiger partial charge in [-0.1, -0.05) is 398 Å². The maximum atomic E-state index is 12.6. The molecule has 3 N–H and O–H groups in total. The second kappa shape index (κ2) is 77.8. The highest BCUT2D eigenvalue weighted by Crippen LogP contribution is 2.20. The van der Waals surface area contributed by atoms with E-state index < -0.39 is 12.1 Å². The van der Waals surface area contributed by atoms with E-state index >= 15 is 0 Å². The normalized spacial score (nSPS) is 12.5. The van der Waals surface area contributed by atoms with Gasteiger partial charge in [0.15, 0.2) is 0 Å². The van der Waals surface area contributed by atoms with Gasteiger partial charge in [0.1, 0.15) is 0 Å². The average molecular weight is 1240 g/mol. The van der Waals surface area contributed by atoms with E-state index in [0.29, 0.717) is 25.9 Å². The highest BCUT2D eigenvalue weighted by Gasteiger charge is 2.20. The fraction of sp³-hybridized carbons (Fsp3) is 0.927. The molecule has 0 bridgehead atoms. The number of allylic oxidation sites excluding steroid dienone is 4. The van der Waals surface area contributed by atoms with Crippen LogP contribution in [0.3, 0.4) is 0 Å². The summed E-state index contributed by atoms with van der Waals surface area (Å²) in [6.45, 7) is 5.00. The molecule has 0 heterocycles. The molecule has 6 nitrogen and oxygen atoms in total. The SMILES string of the molecule is CCCCCCCC/C=C\CCCCCCCCCCCC(=O)OCCCCCCCCCCCCCC/C=C\CCCCCCCCCCCCCCCC(=O)NC(CO)C(O)CCCCCCCCCCCCCCCCCCCCCCCCC. The largest absolute Gasteiger partial charge is 0.466 e. The van der Waals surface area contributed by atoms with Crippen molar-refractivity contribution in [3.63, 3.8) is 0 Å². The minimum absolute atomic E-state index is 0.0173. The summed E-state index contributed by atoms with van der Waals surface area (Å²) in [7, 11) is 0. The first-order valence-corrected chi connectivity index (χ1v) is 40.6. The quantitative estimate of drug-likeness (QED) is 0.0320. The van der Waals surface area contributed by atoms with E-state index in [0.717, 1.165) is 38.5 Å². The van der Waals surface area contributed by atoms with Gasteiger partial charge in [-0.25, -0.2) is 0 Å². The van der Waals surface area contributed by atoms with Gasteiger partial charge >= 0.3 is 5.97 Å². The molecule has 0 aliphatic heterocycles. The molecule has 0 spiro atoms. The van der Waals surface area contributed by atoms with Crippen LogP contribution in [0.15, 0.2) is 24.3 Å². The van der Waals surface area contributed by atoms with Crippen LogP contribution in [-0.2, 0) is 14.3 Å². The third-order valence-corrected chi connectivity index (χ3v) is 19.2. The first-order valence-electron chi connectivity index (χ1n) is 40.6. The summed E-state index contributed by atoms with van der Waals surface area (Å²) < 4.78 is 5.52. The van der Waals surface area contributed by atoms with Crippen molar-refractivity contribution >= 4 is 11.9 Å². The first-order chi connectivity index (χ1) is 43.5. The van der Waals surface area contributed by atoms with Crippen molar-refractivity contribution in [1.82, 2.24) is 5.32 Å². The summed E-state index contributed by atoms with van der Waals surface area (Å²) in [6.07, 6.45) is 99.9. The number of amides is 1. The van der Waals surface area contributed by atoms with Crippen molar-refractivity contribution in [3.8, 4) is 0 Å². The Balaban J connectivity index is 3.36. The minimum Gasteiger partial charge on any atom is -0.466 e. The average Bonchev–Trinajstić information content (AvgIpc) is 3.58. The lowest BCUT2D eigenvalue weighted by Crippen LogP contribution is -2.45. The van der Waals surface area contributed by atoms with Crippen molar-refractivity contribution in [2.75, 3.05) is 13.2 Å². The van der Waals surface area contributed by atoms with E-state index in [4.69, 9.17) is 4.74 Å². The van der Waals surface area contributed by atoms with Crippen LogP contribution in [0.1, 0.15) is 463 Å². The van der Waals surface area contributed by atoms with E-state index in [1.54, 1.807) is 0 Å². The van der Waals surface area contributed by atoms with Gasteiger partial charge in [0.25, 0.3) is 0 Å². The van der Waals surface area contributed by atoms with E-state index in [9.17, 15) is 19.8 Å². The predicted octanol–water partition coefficient (Wildman–Crippen LogP) is 26.8. The molecule has 0 saturated carbocycles. The maximum Gasteiger partial charge on any atom is 0.305 e. The third-order valence-electron chi connectivity index (χ3n) is 19.2. The van der Waals surface area contributed by atoms with Crippen LogP contribution >= 0.6 is 0 Å². The van der Waals surface area contributed by atoms with Gasteiger partial charge in [-0.15, -0.1) is 0 Å². The summed E-state index contributed by atoms with van der Waals surface area (Å²) >= 11 is 0. The number of nitrogens with one attached hydrogen (secondary N) is 1. The molecule has 0 aromatic heterocycles. The van der Waals surface area contributed by atoms with E-state index in [1.807, 2.05) is 0 Å². The molecule has 0 aliphatic carbocycles. The lowest BCUT2D eigenvalue weighted by molar-refractivity contribution is -0.143. The van der Waals surface area contributed by atoms with Crippen molar-refractivity contribution in [2.24, 2.45) is 0 Å². The Morgan fingerprint density at radius 1 is 0.307 bits per heavy atom. The Morgan fingerprint density at radius 3 is 0.807 bits per heavy atom. The molecule has 2 atom stereocenters. The van der Waals surface area contributed by atoms with Gasteiger partial charge in [0.2, 0.25) is 5.91 Å². The van der Waals surface area contributed by atoms with Crippen molar-refractivity contribution < 1.29 is 24.5 Å². The maximum absolute atomic E-state index is 12.6. The molecule has 0 aromatic rings. The van der Waals surface area contributed by atoms with Gasteiger partial charge in [-0.05, 0) is 77.0 Å². The van der Waals surface area contributed by atoms with Crippen molar-refractivity contribution in [2.45, 2.75) is 475 Å². The van der Waals surface area contributed by atoms with Gasteiger partial charge in [0, 0.05) is 12.8 Å². The fourth-order valence-electron chi connectivity index (χ4n) is 13.0. The molecule has 0 aromatic carbocycles. The summed E-state index contributed by atoms with van der Waals surface area (Å²) in [6, 6.07) is -0.542. The number of carbonyl (C=O) groups excluding carboxylic acids is 2. The Morgan fingerprint density at radius 2 is 0.534 bits per heavy atom. The van der Waals surface area contributed by atoms with Gasteiger partial charge in [0.05, 0.1) is 25.4 Å². The molecule has 0 saturated heterocycles. The molecule has 0 aliphatic rings. The van der Waals surface area contributed by atoms with Crippen LogP contribution in [0.5, 0.6) is 0 Å². The molecule has 1 amide bonds. The van der Waals surface area contributed by atoms with E-state index in [-0.39, 0.29) is 18.5 Å². The first kappa shape index (κ1) is 86.3. The smallest absolute Gasteiger partial charge is 0.305 e. The third kappa shape index (κ3) is 73.4. The zero-order valence-electron chi connectivity index (χ0n) is 60.0. The lowest BCUT2D eigenvalue weighted by atomic mass is 10.0. The number of esters is 1. The Kier molecular flexibility index (Phi) is 76.3.